The van der Waals surface area contributed by atoms with E-state index in [9.17, 15) is 4.79 Å². The van der Waals surface area contributed by atoms with Gasteiger partial charge in [-0.25, -0.2) is 4.98 Å². The molecule has 0 saturated heterocycles. The first-order chi connectivity index (χ1) is 11.2. The highest BCUT2D eigenvalue weighted by Gasteiger charge is 2.09. The van der Waals surface area contributed by atoms with Crippen molar-refractivity contribution >= 4 is 5.91 Å². The molecule has 0 spiro atoms. The number of H-pyrrole nitrogens is 1. The monoisotopic (exact) mass is 312 g/mol. The molecule has 1 aromatic carbocycles. The highest BCUT2D eigenvalue weighted by molar-refractivity contribution is 5.78. The van der Waals surface area contributed by atoms with Crippen molar-refractivity contribution < 1.29 is 13.9 Å². The molecule has 0 radical (unpaired) electrons. The second-order valence-electron chi connectivity index (χ2n) is 4.88. The van der Waals surface area contributed by atoms with Gasteiger partial charge in [-0.2, -0.15) is 0 Å². The summed E-state index contributed by atoms with van der Waals surface area (Å²) in [5, 5.41) is 9.62. The maximum atomic E-state index is 12.0. The average molecular weight is 312 g/mol. The van der Waals surface area contributed by atoms with Crippen molar-refractivity contribution in [3.63, 3.8) is 0 Å². The predicted molar refractivity (Wildman–Crippen MR) is 82.6 cm³/mol. The Morgan fingerprint density at radius 2 is 2.13 bits per heavy atom. The minimum atomic E-state index is -0.0916. The first-order valence-corrected chi connectivity index (χ1v) is 7.09. The van der Waals surface area contributed by atoms with Crippen molar-refractivity contribution in [2.45, 2.75) is 13.0 Å². The molecule has 0 aliphatic rings. The van der Waals surface area contributed by atoms with Crippen molar-refractivity contribution in [3.8, 4) is 17.3 Å². The topological polar surface area (TPSA) is 93.0 Å². The number of benzene rings is 1. The van der Waals surface area contributed by atoms with Gasteiger partial charge in [0, 0.05) is 0 Å². The van der Waals surface area contributed by atoms with Crippen molar-refractivity contribution in [2.75, 3.05) is 7.11 Å². The zero-order valence-corrected chi connectivity index (χ0v) is 12.6. The number of nitrogens with zero attached hydrogens (tertiary/aromatic N) is 2. The molecule has 0 atom stereocenters. The number of hydrogen-bond donors (Lipinski definition) is 2. The Labute approximate surface area is 132 Å². The van der Waals surface area contributed by atoms with Crippen molar-refractivity contribution in [2.24, 2.45) is 0 Å². The van der Waals surface area contributed by atoms with E-state index < -0.39 is 0 Å². The Morgan fingerprint density at radius 1 is 1.30 bits per heavy atom. The summed E-state index contributed by atoms with van der Waals surface area (Å²) in [4.78, 5) is 16.2. The summed E-state index contributed by atoms with van der Waals surface area (Å²) in [7, 11) is 1.61. The molecule has 3 rings (SSSR count). The van der Waals surface area contributed by atoms with E-state index in [1.807, 2.05) is 24.3 Å². The van der Waals surface area contributed by atoms with Gasteiger partial charge in [-0.15, -0.1) is 5.10 Å². The molecule has 0 bridgehead atoms. The van der Waals surface area contributed by atoms with Crippen LogP contribution in [0.2, 0.25) is 0 Å². The molecule has 118 valence electrons. The van der Waals surface area contributed by atoms with Crippen LogP contribution in [-0.2, 0) is 17.8 Å². The molecular weight excluding hydrogens is 296 g/mol. The second kappa shape index (κ2) is 6.78. The molecule has 1 amide bonds. The first kappa shape index (κ1) is 14.8. The van der Waals surface area contributed by atoms with Crippen LogP contribution < -0.4 is 10.1 Å². The van der Waals surface area contributed by atoms with Crippen LogP contribution in [0.4, 0.5) is 0 Å². The van der Waals surface area contributed by atoms with Crippen molar-refractivity contribution in [1.29, 1.82) is 0 Å². The van der Waals surface area contributed by atoms with Crippen LogP contribution in [0.1, 0.15) is 11.4 Å². The lowest BCUT2D eigenvalue weighted by atomic mass is 10.1. The molecule has 0 saturated carbocycles. The number of rotatable bonds is 6. The molecular formula is C16H16N4O3. The number of amides is 1. The molecule has 2 heterocycles. The van der Waals surface area contributed by atoms with Gasteiger partial charge in [0.2, 0.25) is 11.7 Å². The number of nitrogens with one attached hydrogen (secondary N) is 2. The molecule has 2 aromatic heterocycles. The lowest BCUT2D eigenvalue weighted by molar-refractivity contribution is -0.120. The molecule has 2 N–H and O–H groups in total. The van der Waals surface area contributed by atoms with Crippen LogP contribution in [0, 0.1) is 0 Å². The van der Waals surface area contributed by atoms with Crippen LogP contribution in [0.15, 0.2) is 47.1 Å². The van der Waals surface area contributed by atoms with E-state index >= 15 is 0 Å². The van der Waals surface area contributed by atoms with E-state index in [1.165, 1.54) is 0 Å². The van der Waals surface area contributed by atoms with Gasteiger partial charge in [0.1, 0.15) is 11.6 Å². The Hall–Kier alpha value is -3.09. The third-order valence-electron chi connectivity index (χ3n) is 3.25. The molecule has 7 heteroatoms. The van der Waals surface area contributed by atoms with Gasteiger partial charge in [-0.1, -0.05) is 12.1 Å². The Bertz CT molecular complexity index is 763. The van der Waals surface area contributed by atoms with E-state index in [0.29, 0.717) is 23.8 Å². The normalized spacial score (nSPS) is 10.5. The quantitative estimate of drug-likeness (QED) is 0.725. The van der Waals surface area contributed by atoms with Crippen LogP contribution in [0.5, 0.6) is 5.75 Å². The fourth-order valence-electron chi connectivity index (χ4n) is 2.06. The molecule has 3 aromatic rings. The summed E-state index contributed by atoms with van der Waals surface area (Å²) in [6.07, 6.45) is 1.85. The van der Waals surface area contributed by atoms with Crippen LogP contribution in [-0.4, -0.2) is 28.2 Å². The van der Waals surface area contributed by atoms with Gasteiger partial charge in [0.25, 0.3) is 0 Å². The third kappa shape index (κ3) is 3.76. The summed E-state index contributed by atoms with van der Waals surface area (Å²) in [6.45, 7) is 0.280. The lowest BCUT2D eigenvalue weighted by Crippen LogP contribution is -2.25. The highest BCUT2D eigenvalue weighted by Crippen LogP contribution is 2.14. The average Bonchev–Trinajstić information content (AvgIpc) is 3.25. The van der Waals surface area contributed by atoms with Gasteiger partial charge in [0.15, 0.2) is 5.76 Å². The number of aromatic amines is 1. The number of carbonyl (C=O) groups is 1. The first-order valence-electron chi connectivity index (χ1n) is 7.09. The fraction of sp³-hybridized carbons (Fsp3) is 0.188. The third-order valence-corrected chi connectivity index (χ3v) is 3.25. The maximum Gasteiger partial charge on any atom is 0.224 e. The number of methoxy groups -OCH3 is 1. The largest absolute Gasteiger partial charge is 0.497 e. The zero-order chi connectivity index (χ0) is 16.1. The van der Waals surface area contributed by atoms with Crippen LogP contribution >= 0.6 is 0 Å². The van der Waals surface area contributed by atoms with E-state index in [1.54, 1.807) is 25.5 Å². The van der Waals surface area contributed by atoms with Gasteiger partial charge >= 0.3 is 0 Å². The summed E-state index contributed by atoms with van der Waals surface area (Å²) >= 11 is 0. The van der Waals surface area contributed by atoms with E-state index in [0.717, 1.165) is 11.3 Å². The second-order valence-corrected chi connectivity index (χ2v) is 4.88. The summed E-state index contributed by atoms with van der Waals surface area (Å²) in [5.41, 5.74) is 0.914. The minimum Gasteiger partial charge on any atom is -0.497 e. The number of hydrogen-bond acceptors (Lipinski definition) is 5. The highest BCUT2D eigenvalue weighted by atomic mass is 16.5. The van der Waals surface area contributed by atoms with E-state index in [-0.39, 0.29) is 12.5 Å². The van der Waals surface area contributed by atoms with E-state index in [4.69, 9.17) is 9.15 Å². The number of aromatic nitrogens is 3. The van der Waals surface area contributed by atoms with Crippen LogP contribution in [0.3, 0.4) is 0 Å². The van der Waals surface area contributed by atoms with Crippen LogP contribution in [0.25, 0.3) is 11.6 Å². The van der Waals surface area contributed by atoms with Gasteiger partial charge < -0.3 is 14.5 Å². The van der Waals surface area contributed by atoms with Crippen molar-refractivity contribution in [1.82, 2.24) is 20.5 Å². The Kier molecular flexibility index (Phi) is 4.37. The predicted octanol–water partition coefficient (Wildman–Crippen LogP) is 1.93. The Balaban J connectivity index is 1.52. The number of furan rings is 1. The minimum absolute atomic E-state index is 0.0916. The number of carbonyl (C=O) groups excluding carboxylic acids is 1. The lowest BCUT2D eigenvalue weighted by Gasteiger charge is -2.04. The SMILES string of the molecule is COc1ccc(CC(=O)NCc2nc(-c3ccco3)n[nH]2)cc1. The van der Waals surface area contributed by atoms with Gasteiger partial charge in [0.05, 0.1) is 26.3 Å². The smallest absolute Gasteiger partial charge is 0.224 e. The molecule has 23 heavy (non-hydrogen) atoms. The summed E-state index contributed by atoms with van der Waals surface area (Å²) in [6, 6.07) is 10.9. The van der Waals surface area contributed by atoms with E-state index in [2.05, 4.69) is 20.5 Å². The fourth-order valence-corrected chi connectivity index (χ4v) is 2.06. The molecule has 0 fully saturated rings. The maximum absolute atomic E-state index is 12.0. The molecule has 0 aliphatic carbocycles. The summed E-state index contributed by atoms with van der Waals surface area (Å²) < 4.78 is 10.3. The molecule has 0 aliphatic heterocycles. The van der Waals surface area contributed by atoms with Gasteiger partial charge in [-0.3, -0.25) is 9.89 Å². The number of ether oxygens (including phenoxy) is 1. The van der Waals surface area contributed by atoms with Crippen molar-refractivity contribution in [3.05, 3.63) is 54.0 Å². The van der Waals surface area contributed by atoms with Gasteiger partial charge in [-0.05, 0) is 29.8 Å². The molecule has 0 unspecified atom stereocenters. The summed E-state index contributed by atoms with van der Waals surface area (Å²) in [5.74, 6) is 2.29. The standard InChI is InChI=1S/C16H16N4O3/c1-22-12-6-4-11(5-7-12)9-15(21)17-10-14-18-16(20-19-14)13-3-2-8-23-13/h2-8H,9-10H2,1H3,(H,17,21)(H,18,19,20). The zero-order valence-electron chi connectivity index (χ0n) is 12.6. The molecule has 7 nitrogen and oxygen atoms in total. The Morgan fingerprint density at radius 3 is 2.83 bits per heavy atom.